The summed E-state index contributed by atoms with van der Waals surface area (Å²) >= 11 is 0. The molecule has 2 N–H and O–H groups in total. The number of hydrogen-bond acceptors (Lipinski definition) is 4. The number of carbonyl (C=O) groups is 2. The fourth-order valence-corrected chi connectivity index (χ4v) is 3.60. The highest BCUT2D eigenvalue weighted by molar-refractivity contribution is 6.31. The predicted molar refractivity (Wildman–Crippen MR) is 110 cm³/mol. The molecule has 0 bridgehead atoms. The van der Waals surface area contributed by atoms with Gasteiger partial charge in [-0.3, -0.25) is 9.59 Å². The minimum absolute atomic E-state index is 0.0632. The smallest absolute Gasteiger partial charge is 0.198 e. The lowest BCUT2D eigenvalue weighted by molar-refractivity contribution is 0.0977. The third-order valence-corrected chi connectivity index (χ3v) is 5.11. The number of rotatable bonds is 5. The van der Waals surface area contributed by atoms with Crippen molar-refractivity contribution < 1.29 is 14.7 Å². The molecule has 4 nitrogen and oxygen atoms in total. The highest BCUT2D eigenvalue weighted by atomic mass is 16.3. The van der Waals surface area contributed by atoms with Gasteiger partial charge in [0.05, 0.1) is 16.8 Å². The lowest BCUT2D eigenvalue weighted by Crippen LogP contribution is -2.22. The number of hydrogen-bond donors (Lipinski definition) is 2. The predicted octanol–water partition coefficient (Wildman–Crippen LogP) is 5.25. The topological polar surface area (TPSA) is 66.4 Å². The van der Waals surface area contributed by atoms with Crippen LogP contribution in [0.3, 0.4) is 0 Å². The van der Waals surface area contributed by atoms with Gasteiger partial charge in [-0.25, -0.2) is 0 Å². The summed E-state index contributed by atoms with van der Waals surface area (Å²) in [5.74, 6) is -0.771. The molecule has 0 amide bonds. The molecule has 0 saturated heterocycles. The molecule has 0 aliphatic heterocycles. The monoisotopic (exact) mass is 371 g/mol. The second-order valence-corrected chi connectivity index (χ2v) is 7.01. The van der Waals surface area contributed by atoms with Crippen LogP contribution in [-0.2, 0) is 6.42 Å². The normalized spacial score (nSPS) is 12.5. The molecule has 0 spiro atoms. The van der Waals surface area contributed by atoms with Crippen molar-refractivity contribution in [1.82, 2.24) is 0 Å². The van der Waals surface area contributed by atoms with Crippen molar-refractivity contribution in [2.45, 2.75) is 26.2 Å². The van der Waals surface area contributed by atoms with Gasteiger partial charge < -0.3 is 10.4 Å². The maximum Gasteiger partial charge on any atom is 0.198 e. The van der Waals surface area contributed by atoms with Gasteiger partial charge in [0, 0.05) is 16.8 Å². The number of carbonyl (C=O) groups excluding carboxylic acids is 2. The molecule has 3 aromatic carbocycles. The van der Waals surface area contributed by atoms with Crippen molar-refractivity contribution in [3.05, 3.63) is 88.5 Å². The zero-order chi connectivity index (χ0) is 19.7. The van der Waals surface area contributed by atoms with Gasteiger partial charge in [0.2, 0.25) is 0 Å². The third-order valence-electron chi connectivity index (χ3n) is 5.11. The largest absolute Gasteiger partial charge is 0.507 e. The van der Waals surface area contributed by atoms with Gasteiger partial charge in [-0.05, 0) is 42.7 Å². The molecule has 0 radical (unpaired) electrons. The zero-order valence-corrected chi connectivity index (χ0v) is 15.7. The number of nitrogens with one attached hydrogen (secondary N) is 1. The number of benzene rings is 3. The van der Waals surface area contributed by atoms with Gasteiger partial charge in [-0.1, -0.05) is 49.7 Å². The summed E-state index contributed by atoms with van der Waals surface area (Å²) in [4.78, 5) is 26.0. The van der Waals surface area contributed by atoms with Gasteiger partial charge >= 0.3 is 0 Å². The minimum atomic E-state index is -0.332. The molecule has 4 rings (SSSR count). The number of ketones is 2. The Kier molecular flexibility index (Phi) is 4.70. The number of phenolic OH excluding ortho intramolecular Hbond substituents is 1. The van der Waals surface area contributed by atoms with E-state index in [0.717, 1.165) is 24.9 Å². The summed E-state index contributed by atoms with van der Waals surface area (Å²) in [6.07, 6.45) is 3.33. The van der Waals surface area contributed by atoms with Gasteiger partial charge in [0.1, 0.15) is 5.75 Å². The van der Waals surface area contributed by atoms with Crippen molar-refractivity contribution in [2.24, 2.45) is 0 Å². The van der Waals surface area contributed by atoms with Crippen LogP contribution in [0.15, 0.2) is 60.7 Å². The number of phenols is 1. The lowest BCUT2D eigenvalue weighted by Gasteiger charge is -2.21. The van der Waals surface area contributed by atoms with Crippen molar-refractivity contribution in [1.29, 1.82) is 0 Å². The number of anilines is 2. The van der Waals surface area contributed by atoms with E-state index in [2.05, 4.69) is 24.4 Å². The first-order valence-corrected chi connectivity index (χ1v) is 9.50. The maximum atomic E-state index is 13.1. The molecule has 0 atom stereocenters. The van der Waals surface area contributed by atoms with Crippen molar-refractivity contribution in [3.63, 3.8) is 0 Å². The highest BCUT2D eigenvalue weighted by Crippen LogP contribution is 2.37. The summed E-state index contributed by atoms with van der Waals surface area (Å²) in [7, 11) is 0. The van der Waals surface area contributed by atoms with Gasteiger partial charge in [0.15, 0.2) is 11.6 Å². The Morgan fingerprint density at radius 2 is 1.46 bits per heavy atom. The quantitative estimate of drug-likeness (QED) is 0.470. The Morgan fingerprint density at radius 1 is 0.821 bits per heavy atom. The van der Waals surface area contributed by atoms with Crippen LogP contribution in [0.4, 0.5) is 11.4 Å². The van der Waals surface area contributed by atoms with E-state index >= 15 is 0 Å². The highest BCUT2D eigenvalue weighted by Gasteiger charge is 2.33. The molecule has 0 fully saturated rings. The molecule has 1 aliphatic carbocycles. The summed E-state index contributed by atoms with van der Waals surface area (Å²) in [6.45, 7) is 2.17. The zero-order valence-electron chi connectivity index (χ0n) is 15.7. The molecular formula is C24H21NO3. The number of aromatic hydroxyl groups is 1. The molecule has 140 valence electrons. The van der Waals surface area contributed by atoms with Crippen molar-refractivity contribution in [2.75, 3.05) is 5.32 Å². The van der Waals surface area contributed by atoms with E-state index in [4.69, 9.17) is 0 Å². The maximum absolute atomic E-state index is 13.1. The van der Waals surface area contributed by atoms with Gasteiger partial charge in [-0.15, -0.1) is 0 Å². The van der Waals surface area contributed by atoms with Crippen LogP contribution < -0.4 is 5.32 Å². The lowest BCUT2D eigenvalue weighted by atomic mass is 9.82. The average Bonchev–Trinajstić information content (AvgIpc) is 2.72. The Balaban J connectivity index is 1.72. The second kappa shape index (κ2) is 7.31. The average molecular weight is 371 g/mol. The van der Waals surface area contributed by atoms with Crippen LogP contribution in [0.5, 0.6) is 5.75 Å². The molecule has 0 heterocycles. The van der Waals surface area contributed by atoms with Crippen LogP contribution in [0.1, 0.15) is 57.2 Å². The SMILES string of the molecule is CCCCc1ccc(Nc2ccc(O)c3c2C(=O)c2ccccc2C3=O)cc1. The van der Waals surface area contributed by atoms with E-state index in [0.29, 0.717) is 16.8 Å². The van der Waals surface area contributed by atoms with Crippen LogP contribution in [0.2, 0.25) is 0 Å². The molecule has 4 heteroatoms. The molecule has 0 unspecified atom stereocenters. The third kappa shape index (κ3) is 3.07. The van der Waals surface area contributed by atoms with E-state index in [1.54, 1.807) is 30.3 Å². The van der Waals surface area contributed by atoms with Crippen molar-refractivity contribution in [3.8, 4) is 5.75 Å². The molecule has 28 heavy (non-hydrogen) atoms. The first kappa shape index (κ1) is 18.0. The summed E-state index contributed by atoms with van der Waals surface area (Å²) in [5, 5.41) is 13.5. The fraction of sp³-hybridized carbons (Fsp3) is 0.167. The van der Waals surface area contributed by atoms with Gasteiger partial charge in [-0.2, -0.15) is 0 Å². The number of aryl methyl sites for hydroxylation is 1. The molecular weight excluding hydrogens is 350 g/mol. The Bertz CT molecular complexity index is 1070. The Morgan fingerprint density at radius 3 is 2.11 bits per heavy atom. The van der Waals surface area contributed by atoms with E-state index in [1.807, 2.05) is 12.1 Å². The van der Waals surface area contributed by atoms with E-state index < -0.39 is 0 Å². The Hall–Kier alpha value is -3.40. The fourth-order valence-electron chi connectivity index (χ4n) is 3.60. The van der Waals surface area contributed by atoms with E-state index in [-0.39, 0.29) is 28.4 Å². The molecule has 0 aromatic heterocycles. The van der Waals surface area contributed by atoms with Crippen LogP contribution >= 0.6 is 0 Å². The first-order valence-electron chi connectivity index (χ1n) is 9.50. The van der Waals surface area contributed by atoms with Crippen LogP contribution in [0, 0.1) is 0 Å². The summed E-state index contributed by atoms with van der Waals surface area (Å²) in [6, 6.07) is 17.9. The Labute approximate surface area is 163 Å². The summed E-state index contributed by atoms with van der Waals surface area (Å²) in [5.41, 5.74) is 3.58. The standard InChI is InChI=1S/C24H21NO3/c1-2-3-6-15-9-11-16(12-10-15)25-19-13-14-20(26)22-21(19)23(27)17-7-4-5-8-18(17)24(22)28/h4-5,7-14,25-26H,2-3,6H2,1H3. The van der Waals surface area contributed by atoms with Crippen molar-refractivity contribution >= 4 is 22.9 Å². The number of fused-ring (bicyclic) bond motifs is 2. The van der Waals surface area contributed by atoms with Gasteiger partial charge in [0.25, 0.3) is 0 Å². The molecule has 3 aromatic rings. The van der Waals surface area contributed by atoms with E-state index in [9.17, 15) is 14.7 Å². The molecule has 1 aliphatic rings. The summed E-state index contributed by atoms with van der Waals surface area (Å²) < 4.78 is 0. The minimum Gasteiger partial charge on any atom is -0.507 e. The first-order chi connectivity index (χ1) is 13.6. The number of unbranched alkanes of at least 4 members (excludes halogenated alkanes) is 1. The van der Waals surface area contributed by atoms with E-state index in [1.165, 1.54) is 11.6 Å². The van der Waals surface area contributed by atoms with Crippen LogP contribution in [0.25, 0.3) is 0 Å². The van der Waals surface area contributed by atoms with Crippen LogP contribution in [-0.4, -0.2) is 16.7 Å². The second-order valence-electron chi connectivity index (χ2n) is 7.01. The molecule has 0 saturated carbocycles.